The lowest BCUT2D eigenvalue weighted by Crippen LogP contribution is -2.33. The monoisotopic (exact) mass is 562 g/mol. The molecular formula is C19HF15O3. The molecule has 0 aliphatic rings. The molecule has 0 aliphatic heterocycles. The minimum absolute atomic E-state index is 2.51. The van der Waals surface area contributed by atoms with Crippen LogP contribution in [0.4, 0.5) is 65.9 Å². The fourth-order valence-electron chi connectivity index (χ4n) is 2.43. The molecule has 0 saturated carbocycles. The molecule has 0 unspecified atom stereocenters. The Morgan fingerprint density at radius 2 is 0.378 bits per heavy atom. The summed E-state index contributed by atoms with van der Waals surface area (Å²) in [5.41, 5.74) is 0. The van der Waals surface area contributed by atoms with E-state index >= 15 is 0 Å². The first-order valence-electron chi connectivity index (χ1n) is 8.65. The molecule has 0 fully saturated rings. The van der Waals surface area contributed by atoms with E-state index < -0.39 is 111 Å². The molecule has 3 rings (SSSR count). The Morgan fingerprint density at radius 3 is 0.541 bits per heavy atom. The number of rotatable bonds is 6. The topological polar surface area (TPSA) is 27.7 Å². The van der Waals surface area contributed by atoms with Gasteiger partial charge in [-0.25, -0.2) is 39.5 Å². The van der Waals surface area contributed by atoms with Crippen molar-refractivity contribution in [2.45, 2.75) is 6.48 Å². The molecule has 0 atom stereocenters. The highest BCUT2D eigenvalue weighted by Gasteiger charge is 2.36. The number of benzene rings is 3. The van der Waals surface area contributed by atoms with Crippen LogP contribution in [-0.2, 0) is 0 Å². The summed E-state index contributed by atoms with van der Waals surface area (Å²) in [6, 6.07) is 0. The smallest absolute Gasteiger partial charge is 0.407 e. The van der Waals surface area contributed by atoms with E-state index in [9.17, 15) is 65.9 Å². The highest BCUT2D eigenvalue weighted by molar-refractivity contribution is 5.33. The van der Waals surface area contributed by atoms with E-state index in [0.29, 0.717) is 0 Å². The van der Waals surface area contributed by atoms with E-state index in [1.165, 1.54) is 0 Å². The Balaban J connectivity index is 2.22. The molecule has 0 spiro atoms. The fourth-order valence-corrected chi connectivity index (χ4v) is 2.43. The molecule has 200 valence electrons. The zero-order valence-corrected chi connectivity index (χ0v) is 16.5. The second kappa shape index (κ2) is 9.81. The summed E-state index contributed by atoms with van der Waals surface area (Å²) >= 11 is 0. The van der Waals surface area contributed by atoms with Crippen molar-refractivity contribution in [3.63, 3.8) is 0 Å². The zero-order valence-electron chi connectivity index (χ0n) is 16.5. The highest BCUT2D eigenvalue weighted by Crippen LogP contribution is 2.35. The fraction of sp³-hybridized carbons (Fsp3) is 0.0526. The summed E-state index contributed by atoms with van der Waals surface area (Å²) in [7, 11) is 0. The largest absolute Gasteiger partial charge is 0.416 e. The van der Waals surface area contributed by atoms with Crippen LogP contribution in [0.25, 0.3) is 0 Å². The Morgan fingerprint density at radius 1 is 0.243 bits per heavy atom. The molecule has 18 heteroatoms. The third kappa shape index (κ3) is 4.50. The lowest BCUT2D eigenvalue weighted by Gasteiger charge is -2.23. The third-order valence-corrected chi connectivity index (χ3v) is 4.15. The molecule has 0 radical (unpaired) electrons. The first-order valence-corrected chi connectivity index (χ1v) is 8.65. The lowest BCUT2D eigenvalue weighted by molar-refractivity contribution is -0.150. The maximum absolute atomic E-state index is 13.9. The van der Waals surface area contributed by atoms with Crippen LogP contribution in [0.15, 0.2) is 0 Å². The van der Waals surface area contributed by atoms with Gasteiger partial charge in [-0.05, 0) is 0 Å². The van der Waals surface area contributed by atoms with E-state index in [2.05, 4.69) is 14.2 Å². The van der Waals surface area contributed by atoms with Gasteiger partial charge in [0.2, 0.25) is 105 Å². The molecule has 3 aromatic carbocycles. The van der Waals surface area contributed by atoms with Crippen LogP contribution < -0.4 is 14.2 Å². The normalized spacial score (nSPS) is 11.4. The van der Waals surface area contributed by atoms with Crippen LogP contribution in [0.3, 0.4) is 0 Å². The second-order valence-electron chi connectivity index (χ2n) is 6.34. The van der Waals surface area contributed by atoms with Gasteiger partial charge in [-0.3, -0.25) is 0 Å². The van der Waals surface area contributed by atoms with Crippen molar-refractivity contribution in [3.05, 3.63) is 87.3 Å². The Labute approximate surface area is 192 Å². The van der Waals surface area contributed by atoms with Crippen molar-refractivity contribution in [1.29, 1.82) is 0 Å². The van der Waals surface area contributed by atoms with Gasteiger partial charge in [-0.1, -0.05) is 0 Å². The predicted molar refractivity (Wildman–Crippen MR) is 84.4 cm³/mol. The molecule has 0 bridgehead atoms. The van der Waals surface area contributed by atoms with Gasteiger partial charge in [0.15, 0.2) is 0 Å². The Hall–Kier alpha value is -3.99. The van der Waals surface area contributed by atoms with Crippen LogP contribution >= 0.6 is 0 Å². The van der Waals surface area contributed by atoms with E-state index in [1.807, 2.05) is 0 Å². The summed E-state index contributed by atoms with van der Waals surface area (Å²) in [6.45, 7) is -3.75. The summed E-state index contributed by atoms with van der Waals surface area (Å²) in [5, 5.41) is 0. The van der Waals surface area contributed by atoms with Crippen LogP contribution in [0.2, 0.25) is 0 Å². The standard InChI is InChI=1S/C19HF15O3/c20-1-4(23)10(29)16(11(30)5(1)24)35-19(36-17-12(31)6(25)2(21)7(26)13(17)32)37-18-14(33)8(27)3(22)9(28)15(18)34/h19H. The molecule has 37 heavy (non-hydrogen) atoms. The molecular weight excluding hydrogens is 561 g/mol. The Bertz CT molecular complexity index is 1170. The van der Waals surface area contributed by atoms with Gasteiger partial charge in [-0.2, -0.15) is 26.3 Å². The minimum Gasteiger partial charge on any atom is -0.416 e. The summed E-state index contributed by atoms with van der Waals surface area (Å²) < 4.78 is 216. The van der Waals surface area contributed by atoms with Crippen LogP contribution in [0, 0.1) is 87.3 Å². The molecule has 0 heterocycles. The Kier molecular flexibility index (Phi) is 7.32. The summed E-state index contributed by atoms with van der Waals surface area (Å²) in [4.78, 5) is 0. The molecule has 0 aliphatic carbocycles. The maximum atomic E-state index is 13.9. The molecule has 3 aromatic rings. The number of halogens is 15. The van der Waals surface area contributed by atoms with Crippen molar-refractivity contribution >= 4 is 0 Å². The van der Waals surface area contributed by atoms with E-state index in [0.717, 1.165) is 0 Å². The van der Waals surface area contributed by atoms with Gasteiger partial charge in [-0.15, -0.1) is 0 Å². The highest BCUT2D eigenvalue weighted by atomic mass is 19.2. The second-order valence-corrected chi connectivity index (χ2v) is 6.34. The zero-order chi connectivity index (χ0) is 28.1. The van der Waals surface area contributed by atoms with Gasteiger partial charge >= 0.3 is 6.48 Å². The van der Waals surface area contributed by atoms with Crippen molar-refractivity contribution in [2.75, 3.05) is 0 Å². The molecule has 0 N–H and O–H groups in total. The van der Waals surface area contributed by atoms with Crippen molar-refractivity contribution in [2.24, 2.45) is 0 Å². The predicted octanol–water partition coefficient (Wildman–Crippen LogP) is 6.59. The van der Waals surface area contributed by atoms with Gasteiger partial charge in [0.1, 0.15) is 0 Å². The molecule has 0 saturated heterocycles. The summed E-state index contributed by atoms with van der Waals surface area (Å²) in [6.07, 6.45) is 0. The van der Waals surface area contributed by atoms with E-state index in [1.54, 1.807) is 0 Å². The minimum atomic E-state index is -3.75. The van der Waals surface area contributed by atoms with Crippen molar-refractivity contribution in [1.82, 2.24) is 0 Å². The lowest BCUT2D eigenvalue weighted by atomic mass is 10.2. The summed E-state index contributed by atoms with van der Waals surface area (Å²) in [5.74, 6) is -50.0. The molecule has 3 nitrogen and oxygen atoms in total. The number of ether oxygens (including phenoxy) is 3. The molecule has 0 amide bonds. The van der Waals surface area contributed by atoms with Gasteiger partial charge in [0.25, 0.3) is 0 Å². The third-order valence-electron chi connectivity index (χ3n) is 4.15. The van der Waals surface area contributed by atoms with Gasteiger partial charge in [0, 0.05) is 0 Å². The maximum Gasteiger partial charge on any atom is 0.407 e. The van der Waals surface area contributed by atoms with E-state index in [4.69, 9.17) is 0 Å². The van der Waals surface area contributed by atoms with Crippen LogP contribution in [0.5, 0.6) is 17.2 Å². The quantitative estimate of drug-likeness (QED) is 0.147. The first kappa shape index (κ1) is 27.6. The number of hydrogen-bond acceptors (Lipinski definition) is 3. The van der Waals surface area contributed by atoms with Gasteiger partial charge in [0.05, 0.1) is 0 Å². The average Bonchev–Trinajstić information content (AvgIpc) is 2.88. The van der Waals surface area contributed by atoms with Crippen molar-refractivity contribution < 1.29 is 80.1 Å². The first-order chi connectivity index (χ1) is 17.1. The van der Waals surface area contributed by atoms with Gasteiger partial charge < -0.3 is 14.2 Å². The SMILES string of the molecule is Fc1c(F)c(F)c(OC(Oc2c(F)c(F)c(F)c(F)c2F)Oc2c(F)c(F)c(F)c(F)c2F)c(F)c1F. The van der Waals surface area contributed by atoms with Crippen LogP contribution in [0.1, 0.15) is 0 Å². The number of hydrogen-bond donors (Lipinski definition) is 0. The van der Waals surface area contributed by atoms with Crippen molar-refractivity contribution in [3.8, 4) is 17.2 Å². The van der Waals surface area contributed by atoms with E-state index in [-0.39, 0.29) is 0 Å². The van der Waals surface area contributed by atoms with Crippen LogP contribution in [-0.4, -0.2) is 6.48 Å². The average molecular weight is 562 g/mol. The molecule has 0 aromatic heterocycles.